The Balaban J connectivity index is 1.82. The number of rotatable bonds is 5. The summed E-state index contributed by atoms with van der Waals surface area (Å²) >= 11 is 6.17. The molecular weight excluding hydrogens is 334 g/mol. The molecule has 126 valence electrons. The Morgan fingerprint density at radius 1 is 1.21 bits per heavy atom. The van der Waals surface area contributed by atoms with Crippen LogP contribution in [0.5, 0.6) is 23.0 Å². The second-order valence-corrected chi connectivity index (χ2v) is 5.35. The molecule has 3 rings (SSSR count). The van der Waals surface area contributed by atoms with E-state index in [2.05, 4.69) is 5.32 Å². The summed E-state index contributed by atoms with van der Waals surface area (Å²) in [5.41, 5.74) is 0.864. The Hall–Kier alpha value is -2.60. The number of ether oxygens (including phenoxy) is 4. The summed E-state index contributed by atoms with van der Waals surface area (Å²) in [5, 5.41) is 3.12. The summed E-state index contributed by atoms with van der Waals surface area (Å²) < 4.78 is 21.2. The summed E-state index contributed by atoms with van der Waals surface area (Å²) in [6.07, 6.45) is 0. The fourth-order valence-electron chi connectivity index (χ4n) is 2.29. The van der Waals surface area contributed by atoms with Gasteiger partial charge in [-0.15, -0.1) is 0 Å². The van der Waals surface area contributed by atoms with E-state index in [1.165, 1.54) is 7.11 Å². The number of carbonyl (C=O) groups is 1. The zero-order valence-corrected chi connectivity index (χ0v) is 14.0. The van der Waals surface area contributed by atoms with Crippen LogP contribution >= 0.6 is 11.6 Å². The predicted octanol–water partition coefficient (Wildman–Crippen LogP) is 3.73. The van der Waals surface area contributed by atoms with Gasteiger partial charge in [0.25, 0.3) is 5.91 Å². The van der Waals surface area contributed by atoms with Crippen LogP contribution in [0.15, 0.2) is 30.3 Å². The van der Waals surface area contributed by atoms with Gasteiger partial charge in [-0.1, -0.05) is 11.6 Å². The second kappa shape index (κ2) is 6.88. The van der Waals surface area contributed by atoms with Crippen molar-refractivity contribution in [3.63, 3.8) is 0 Å². The summed E-state index contributed by atoms with van der Waals surface area (Å²) in [5.74, 6) is 1.84. The minimum atomic E-state index is -0.322. The predicted molar refractivity (Wildman–Crippen MR) is 89.7 cm³/mol. The maximum atomic E-state index is 12.5. The third-order valence-electron chi connectivity index (χ3n) is 3.44. The van der Waals surface area contributed by atoms with Crippen molar-refractivity contribution in [1.29, 1.82) is 0 Å². The molecule has 24 heavy (non-hydrogen) atoms. The Bertz CT molecular complexity index is 778. The van der Waals surface area contributed by atoms with E-state index in [0.717, 1.165) is 0 Å². The molecule has 7 heteroatoms. The van der Waals surface area contributed by atoms with Gasteiger partial charge in [-0.05, 0) is 25.1 Å². The molecule has 1 heterocycles. The first-order chi connectivity index (χ1) is 11.6. The number of nitrogens with one attached hydrogen (secondary N) is 1. The zero-order chi connectivity index (χ0) is 17.1. The van der Waals surface area contributed by atoms with Crippen LogP contribution < -0.4 is 24.3 Å². The molecule has 1 aliphatic heterocycles. The van der Waals surface area contributed by atoms with Gasteiger partial charge in [0.2, 0.25) is 6.79 Å². The Labute approximate surface area is 144 Å². The van der Waals surface area contributed by atoms with E-state index >= 15 is 0 Å². The standard InChI is InChI=1S/C17H16ClNO5/c1-3-22-13-5-4-10(6-14(13)21-2)17(20)19-12-8-16-15(7-11(12)18)23-9-24-16/h4-8H,3,9H2,1-2H3,(H,19,20). The largest absolute Gasteiger partial charge is 0.493 e. The van der Waals surface area contributed by atoms with Crippen molar-refractivity contribution in [3.05, 3.63) is 40.9 Å². The average Bonchev–Trinajstić information content (AvgIpc) is 3.02. The normalized spacial score (nSPS) is 12.0. The van der Waals surface area contributed by atoms with Crippen LogP contribution in [0.2, 0.25) is 5.02 Å². The van der Waals surface area contributed by atoms with Crippen molar-refractivity contribution in [2.24, 2.45) is 0 Å². The van der Waals surface area contributed by atoms with Crippen LogP contribution in [-0.4, -0.2) is 26.4 Å². The highest BCUT2D eigenvalue weighted by Gasteiger charge is 2.18. The SMILES string of the molecule is CCOc1ccc(C(=O)Nc2cc3c(cc2Cl)OCO3)cc1OC. The fraction of sp³-hybridized carbons (Fsp3) is 0.235. The maximum absolute atomic E-state index is 12.5. The third-order valence-corrected chi connectivity index (χ3v) is 3.75. The van der Waals surface area contributed by atoms with Crippen LogP contribution in [0.4, 0.5) is 5.69 Å². The fourth-order valence-corrected chi connectivity index (χ4v) is 2.49. The number of halogens is 1. The van der Waals surface area contributed by atoms with E-state index in [9.17, 15) is 4.79 Å². The lowest BCUT2D eigenvalue weighted by molar-refractivity contribution is 0.102. The quantitative estimate of drug-likeness (QED) is 0.891. The lowest BCUT2D eigenvalue weighted by Crippen LogP contribution is -2.12. The van der Waals surface area contributed by atoms with Gasteiger partial charge < -0.3 is 24.3 Å². The van der Waals surface area contributed by atoms with Crippen LogP contribution in [0, 0.1) is 0 Å². The van der Waals surface area contributed by atoms with E-state index in [4.69, 9.17) is 30.5 Å². The second-order valence-electron chi connectivity index (χ2n) is 4.94. The Kier molecular flexibility index (Phi) is 4.66. The summed E-state index contributed by atoms with van der Waals surface area (Å²) in [6, 6.07) is 8.20. The highest BCUT2D eigenvalue weighted by molar-refractivity contribution is 6.34. The van der Waals surface area contributed by atoms with Gasteiger partial charge in [-0.25, -0.2) is 0 Å². The molecule has 1 amide bonds. The molecule has 0 saturated carbocycles. The van der Waals surface area contributed by atoms with Gasteiger partial charge in [0.05, 0.1) is 24.4 Å². The van der Waals surface area contributed by atoms with Crippen LogP contribution in [0.1, 0.15) is 17.3 Å². The minimum absolute atomic E-state index is 0.138. The number of fused-ring (bicyclic) bond motifs is 1. The van der Waals surface area contributed by atoms with Gasteiger partial charge in [0.1, 0.15) is 0 Å². The van der Waals surface area contributed by atoms with Gasteiger partial charge in [0.15, 0.2) is 23.0 Å². The highest BCUT2D eigenvalue weighted by Crippen LogP contribution is 2.39. The van der Waals surface area contributed by atoms with Gasteiger partial charge >= 0.3 is 0 Å². The minimum Gasteiger partial charge on any atom is -0.493 e. The number of methoxy groups -OCH3 is 1. The Morgan fingerprint density at radius 3 is 2.67 bits per heavy atom. The van der Waals surface area contributed by atoms with Crippen molar-refractivity contribution < 1.29 is 23.7 Å². The molecule has 0 fully saturated rings. The number of anilines is 1. The van der Waals surface area contributed by atoms with Crippen molar-refractivity contribution in [2.75, 3.05) is 25.8 Å². The van der Waals surface area contributed by atoms with Crippen molar-refractivity contribution in [3.8, 4) is 23.0 Å². The number of hydrogen-bond acceptors (Lipinski definition) is 5. The molecule has 0 unspecified atom stereocenters. The number of hydrogen-bond donors (Lipinski definition) is 1. The van der Waals surface area contributed by atoms with Gasteiger partial charge in [0, 0.05) is 17.7 Å². The van der Waals surface area contributed by atoms with Crippen LogP contribution in [0.25, 0.3) is 0 Å². The van der Waals surface area contributed by atoms with Crippen LogP contribution in [0.3, 0.4) is 0 Å². The first-order valence-corrected chi connectivity index (χ1v) is 7.71. The molecule has 1 aliphatic rings. The smallest absolute Gasteiger partial charge is 0.255 e. The van der Waals surface area contributed by atoms with Gasteiger partial charge in [-0.3, -0.25) is 4.79 Å². The molecular formula is C17H16ClNO5. The molecule has 6 nitrogen and oxygen atoms in total. The van der Waals surface area contributed by atoms with Gasteiger partial charge in [-0.2, -0.15) is 0 Å². The van der Waals surface area contributed by atoms with Crippen molar-refractivity contribution in [1.82, 2.24) is 0 Å². The highest BCUT2D eigenvalue weighted by atomic mass is 35.5. The Morgan fingerprint density at radius 2 is 1.96 bits per heavy atom. The molecule has 2 aromatic rings. The molecule has 0 bridgehead atoms. The molecule has 1 N–H and O–H groups in total. The molecule has 0 spiro atoms. The molecule has 0 saturated heterocycles. The average molecular weight is 350 g/mol. The third kappa shape index (κ3) is 3.19. The molecule has 0 atom stereocenters. The number of amides is 1. The number of carbonyl (C=O) groups excluding carboxylic acids is 1. The number of benzene rings is 2. The molecule has 0 aromatic heterocycles. The monoisotopic (exact) mass is 349 g/mol. The van der Waals surface area contributed by atoms with E-state index in [-0.39, 0.29) is 12.7 Å². The molecule has 0 aliphatic carbocycles. The summed E-state index contributed by atoms with van der Waals surface area (Å²) in [6.45, 7) is 2.52. The summed E-state index contributed by atoms with van der Waals surface area (Å²) in [7, 11) is 1.52. The lowest BCUT2D eigenvalue weighted by atomic mass is 10.1. The summed E-state index contributed by atoms with van der Waals surface area (Å²) in [4.78, 5) is 12.5. The van der Waals surface area contributed by atoms with E-state index in [0.29, 0.717) is 45.9 Å². The van der Waals surface area contributed by atoms with Crippen molar-refractivity contribution in [2.45, 2.75) is 6.92 Å². The van der Waals surface area contributed by atoms with E-state index in [1.54, 1.807) is 30.3 Å². The lowest BCUT2D eigenvalue weighted by Gasteiger charge is -2.12. The van der Waals surface area contributed by atoms with E-state index in [1.807, 2.05) is 6.92 Å². The maximum Gasteiger partial charge on any atom is 0.255 e. The van der Waals surface area contributed by atoms with Crippen molar-refractivity contribution >= 4 is 23.2 Å². The first-order valence-electron chi connectivity index (χ1n) is 7.33. The molecule has 0 radical (unpaired) electrons. The van der Waals surface area contributed by atoms with E-state index < -0.39 is 0 Å². The molecule has 2 aromatic carbocycles. The van der Waals surface area contributed by atoms with Crippen LogP contribution in [-0.2, 0) is 0 Å². The zero-order valence-electron chi connectivity index (χ0n) is 13.2. The first kappa shape index (κ1) is 16.3. The topological polar surface area (TPSA) is 66.0 Å².